The summed E-state index contributed by atoms with van der Waals surface area (Å²) in [6.45, 7) is 0. The second-order valence-electron chi connectivity index (χ2n) is 5.75. The van der Waals surface area contributed by atoms with Crippen LogP contribution in [0.25, 0.3) is 0 Å². The molecule has 0 aliphatic heterocycles. The Balaban J connectivity index is 1.62. The molecule has 0 amide bonds. The van der Waals surface area contributed by atoms with Crippen molar-refractivity contribution in [1.29, 1.82) is 0 Å². The van der Waals surface area contributed by atoms with Crippen LogP contribution in [0.4, 0.5) is 0 Å². The van der Waals surface area contributed by atoms with E-state index in [-0.39, 0.29) is 23.9 Å². The Bertz CT molecular complexity index is 308. The highest BCUT2D eigenvalue weighted by molar-refractivity contribution is 6.06. The van der Waals surface area contributed by atoms with Crippen molar-refractivity contribution >= 4 is 11.6 Å². The summed E-state index contributed by atoms with van der Waals surface area (Å²) in [5.74, 6) is 3.10. The molecule has 0 aromatic heterocycles. The fourth-order valence-electron chi connectivity index (χ4n) is 4.04. The minimum absolute atomic E-state index is 0.0989. The van der Waals surface area contributed by atoms with E-state index in [1.54, 1.807) is 0 Å². The van der Waals surface area contributed by atoms with E-state index in [4.69, 9.17) is 0 Å². The highest BCUT2D eigenvalue weighted by Crippen LogP contribution is 2.51. The van der Waals surface area contributed by atoms with Crippen LogP contribution in [0.2, 0.25) is 0 Å². The van der Waals surface area contributed by atoms with Gasteiger partial charge >= 0.3 is 0 Å². The Morgan fingerprint density at radius 1 is 1.13 bits per heavy atom. The number of rotatable bonds is 2. The fourth-order valence-corrected chi connectivity index (χ4v) is 4.04. The molecular formula is C13H18O2. The van der Waals surface area contributed by atoms with Crippen molar-refractivity contribution < 1.29 is 9.59 Å². The summed E-state index contributed by atoms with van der Waals surface area (Å²) in [7, 11) is 0. The van der Waals surface area contributed by atoms with E-state index < -0.39 is 0 Å². The number of carbonyl (C=O) groups is 2. The average molecular weight is 206 g/mol. The van der Waals surface area contributed by atoms with Gasteiger partial charge in [-0.3, -0.25) is 9.59 Å². The lowest BCUT2D eigenvalue weighted by atomic mass is 9.81. The summed E-state index contributed by atoms with van der Waals surface area (Å²) in [5.41, 5.74) is 0. The monoisotopic (exact) mass is 206 g/mol. The molecule has 4 atom stereocenters. The molecule has 0 N–H and O–H groups in total. The second-order valence-corrected chi connectivity index (χ2v) is 5.75. The van der Waals surface area contributed by atoms with Crippen LogP contribution in [0, 0.1) is 23.7 Å². The van der Waals surface area contributed by atoms with Gasteiger partial charge in [0.2, 0.25) is 0 Å². The molecule has 0 spiro atoms. The Labute approximate surface area is 90.4 Å². The topological polar surface area (TPSA) is 34.1 Å². The van der Waals surface area contributed by atoms with Crippen LogP contribution in [-0.4, -0.2) is 11.6 Å². The Hall–Kier alpha value is -0.660. The van der Waals surface area contributed by atoms with E-state index in [9.17, 15) is 9.59 Å². The Morgan fingerprint density at radius 2 is 2.00 bits per heavy atom. The van der Waals surface area contributed by atoms with Crippen molar-refractivity contribution in [2.45, 2.75) is 44.9 Å². The standard InChI is InChI=1S/C13H18O2/c14-12-6-11(13(15)7-12)5-10-4-8-1-2-9(10)3-8/h8-11H,1-7H2. The van der Waals surface area contributed by atoms with Crippen LogP contribution in [0.1, 0.15) is 44.9 Å². The Kier molecular flexibility index (Phi) is 2.18. The van der Waals surface area contributed by atoms with Crippen LogP contribution in [-0.2, 0) is 9.59 Å². The molecule has 2 bridgehead atoms. The quantitative estimate of drug-likeness (QED) is 0.650. The van der Waals surface area contributed by atoms with E-state index >= 15 is 0 Å². The van der Waals surface area contributed by atoms with Crippen LogP contribution < -0.4 is 0 Å². The number of hydrogen-bond donors (Lipinski definition) is 0. The number of carbonyl (C=O) groups excluding carboxylic acids is 2. The predicted molar refractivity (Wildman–Crippen MR) is 56.3 cm³/mol. The van der Waals surface area contributed by atoms with Gasteiger partial charge in [0.15, 0.2) is 0 Å². The number of ketones is 2. The lowest BCUT2D eigenvalue weighted by Crippen LogP contribution is -2.17. The van der Waals surface area contributed by atoms with Gasteiger partial charge in [0.1, 0.15) is 11.6 Å². The van der Waals surface area contributed by atoms with Gasteiger partial charge in [0.05, 0.1) is 6.42 Å². The zero-order valence-electron chi connectivity index (χ0n) is 9.08. The minimum atomic E-state index is 0.0989. The summed E-state index contributed by atoms with van der Waals surface area (Å²) in [4.78, 5) is 22.7. The molecule has 4 unspecified atom stereocenters. The van der Waals surface area contributed by atoms with Gasteiger partial charge < -0.3 is 0 Å². The molecule has 3 aliphatic rings. The van der Waals surface area contributed by atoms with Gasteiger partial charge in [-0.15, -0.1) is 0 Å². The van der Waals surface area contributed by atoms with Crippen molar-refractivity contribution in [3.63, 3.8) is 0 Å². The normalized spacial score (nSPS) is 44.3. The maximum atomic E-state index is 11.6. The fraction of sp³-hybridized carbons (Fsp3) is 0.846. The van der Waals surface area contributed by atoms with Gasteiger partial charge in [0.25, 0.3) is 0 Å². The minimum Gasteiger partial charge on any atom is -0.299 e. The molecule has 15 heavy (non-hydrogen) atoms. The summed E-state index contributed by atoms with van der Waals surface area (Å²) in [6.07, 6.45) is 7.33. The van der Waals surface area contributed by atoms with Crippen molar-refractivity contribution in [1.82, 2.24) is 0 Å². The molecule has 2 heteroatoms. The van der Waals surface area contributed by atoms with Gasteiger partial charge in [-0.2, -0.15) is 0 Å². The molecule has 82 valence electrons. The van der Waals surface area contributed by atoms with Crippen molar-refractivity contribution in [3.8, 4) is 0 Å². The van der Waals surface area contributed by atoms with E-state index in [0.29, 0.717) is 6.42 Å². The average Bonchev–Trinajstić information content (AvgIpc) is 2.83. The highest BCUT2D eigenvalue weighted by Gasteiger charge is 2.42. The summed E-state index contributed by atoms with van der Waals surface area (Å²) in [6, 6.07) is 0. The molecular weight excluding hydrogens is 188 g/mol. The third kappa shape index (κ3) is 1.64. The maximum absolute atomic E-state index is 11.6. The van der Waals surface area contributed by atoms with E-state index in [2.05, 4.69) is 0 Å². The smallest absolute Gasteiger partial charge is 0.143 e. The van der Waals surface area contributed by atoms with Crippen LogP contribution in [0.3, 0.4) is 0 Å². The largest absolute Gasteiger partial charge is 0.299 e. The summed E-state index contributed by atoms with van der Waals surface area (Å²) < 4.78 is 0. The van der Waals surface area contributed by atoms with Gasteiger partial charge in [-0.1, -0.05) is 6.42 Å². The third-order valence-corrected chi connectivity index (χ3v) is 4.77. The summed E-state index contributed by atoms with van der Waals surface area (Å²) >= 11 is 0. The maximum Gasteiger partial charge on any atom is 0.143 e. The van der Waals surface area contributed by atoms with Crippen LogP contribution >= 0.6 is 0 Å². The van der Waals surface area contributed by atoms with E-state index in [0.717, 1.165) is 24.2 Å². The zero-order valence-corrected chi connectivity index (χ0v) is 9.08. The molecule has 2 nitrogen and oxygen atoms in total. The molecule has 3 fully saturated rings. The van der Waals surface area contributed by atoms with Gasteiger partial charge in [-0.05, 0) is 43.4 Å². The van der Waals surface area contributed by atoms with E-state index in [1.165, 1.54) is 25.7 Å². The molecule has 3 rings (SSSR count). The summed E-state index contributed by atoms with van der Waals surface area (Å²) in [5, 5.41) is 0. The molecule has 3 saturated carbocycles. The molecule has 0 saturated heterocycles. The third-order valence-electron chi connectivity index (χ3n) is 4.77. The first-order valence-electron chi connectivity index (χ1n) is 6.27. The van der Waals surface area contributed by atoms with Crippen molar-refractivity contribution in [2.75, 3.05) is 0 Å². The Morgan fingerprint density at radius 3 is 2.53 bits per heavy atom. The van der Waals surface area contributed by atoms with Crippen molar-refractivity contribution in [3.05, 3.63) is 0 Å². The molecule has 3 aliphatic carbocycles. The predicted octanol–water partition coefficient (Wildman–Crippen LogP) is 2.36. The SMILES string of the molecule is O=C1CC(=O)C(CC2CC3CCC2C3)C1. The van der Waals surface area contributed by atoms with Gasteiger partial charge in [-0.25, -0.2) is 0 Å². The first-order chi connectivity index (χ1) is 7.22. The number of hydrogen-bond acceptors (Lipinski definition) is 2. The van der Waals surface area contributed by atoms with Crippen LogP contribution in [0.15, 0.2) is 0 Å². The lowest BCUT2D eigenvalue weighted by Gasteiger charge is -2.23. The molecule has 0 aromatic carbocycles. The zero-order chi connectivity index (χ0) is 10.4. The van der Waals surface area contributed by atoms with Crippen LogP contribution in [0.5, 0.6) is 0 Å². The highest BCUT2D eigenvalue weighted by atomic mass is 16.2. The second kappa shape index (κ2) is 3.43. The first-order valence-corrected chi connectivity index (χ1v) is 6.27. The first kappa shape index (κ1) is 9.56. The lowest BCUT2D eigenvalue weighted by molar-refractivity contribution is -0.122. The van der Waals surface area contributed by atoms with Gasteiger partial charge in [0, 0.05) is 12.3 Å². The molecule has 0 heterocycles. The van der Waals surface area contributed by atoms with E-state index in [1.807, 2.05) is 0 Å². The number of fused-ring (bicyclic) bond motifs is 2. The molecule has 0 aromatic rings. The number of Topliss-reactive ketones (excluding diaryl/α,β-unsaturated/α-hetero) is 2. The van der Waals surface area contributed by atoms with Crippen molar-refractivity contribution in [2.24, 2.45) is 23.7 Å². The molecule has 0 radical (unpaired) electrons.